The fourth-order valence-electron chi connectivity index (χ4n) is 7.16. The van der Waals surface area contributed by atoms with Gasteiger partial charge in [-0.2, -0.15) is 0 Å². The lowest BCUT2D eigenvalue weighted by Gasteiger charge is -2.18. The second-order valence-corrected chi connectivity index (χ2v) is 11.3. The first-order valence-corrected chi connectivity index (χ1v) is 14.6. The van der Waals surface area contributed by atoms with E-state index in [0.717, 1.165) is 0 Å². The number of hydrogen-bond donors (Lipinski definition) is 0. The van der Waals surface area contributed by atoms with E-state index in [2.05, 4.69) is 158 Å². The van der Waals surface area contributed by atoms with E-state index in [-0.39, 0.29) is 0 Å². The van der Waals surface area contributed by atoms with Crippen molar-refractivity contribution in [1.82, 2.24) is 0 Å². The molecule has 0 heteroatoms. The van der Waals surface area contributed by atoms with Crippen LogP contribution < -0.4 is 0 Å². The molecule has 9 aromatic carbocycles. The van der Waals surface area contributed by atoms with Crippen LogP contribution in [-0.4, -0.2) is 0 Å². The van der Waals surface area contributed by atoms with Crippen molar-refractivity contribution < 1.29 is 0 Å². The zero-order valence-corrected chi connectivity index (χ0v) is 23.0. The Kier molecular flexibility index (Phi) is 5.00. The summed E-state index contributed by atoms with van der Waals surface area (Å²) in [6.07, 6.45) is 0. The average Bonchev–Trinajstić information content (AvgIpc) is 3.07. The van der Waals surface area contributed by atoms with Gasteiger partial charge in [0.2, 0.25) is 0 Å². The first kappa shape index (κ1) is 23.3. The molecule has 0 saturated carbocycles. The Hall–Kier alpha value is -5.46. The van der Waals surface area contributed by atoms with Gasteiger partial charge in [-0.3, -0.25) is 0 Å². The lowest BCUT2D eigenvalue weighted by Crippen LogP contribution is -1.91. The fourth-order valence-corrected chi connectivity index (χ4v) is 7.16. The van der Waals surface area contributed by atoms with E-state index in [9.17, 15) is 0 Å². The SMILES string of the molecule is c1ccc2c(-c3cc4cc(-c5cc6ccccc6c6ccccc56)c5ccccc5c4c4ccccc34)cccc2c1. The summed E-state index contributed by atoms with van der Waals surface area (Å²) in [5.74, 6) is 0. The van der Waals surface area contributed by atoms with Crippen LogP contribution in [0.4, 0.5) is 0 Å². The summed E-state index contributed by atoms with van der Waals surface area (Å²) in [4.78, 5) is 0. The molecule has 9 aromatic rings. The molecule has 0 radical (unpaired) electrons. The molecule has 0 aliphatic carbocycles. The van der Waals surface area contributed by atoms with Crippen molar-refractivity contribution in [2.45, 2.75) is 0 Å². The second-order valence-electron chi connectivity index (χ2n) is 11.3. The molecule has 0 bridgehead atoms. The Labute approximate surface area is 244 Å². The molecule has 0 unspecified atom stereocenters. The molecule has 0 N–H and O–H groups in total. The molecule has 42 heavy (non-hydrogen) atoms. The van der Waals surface area contributed by atoms with Crippen LogP contribution in [-0.2, 0) is 0 Å². The summed E-state index contributed by atoms with van der Waals surface area (Å²) in [7, 11) is 0. The predicted molar refractivity (Wildman–Crippen MR) is 182 cm³/mol. The molecular formula is C42H26. The first-order chi connectivity index (χ1) is 20.8. The third kappa shape index (κ3) is 3.36. The summed E-state index contributed by atoms with van der Waals surface area (Å²) in [6.45, 7) is 0. The van der Waals surface area contributed by atoms with Crippen molar-refractivity contribution in [1.29, 1.82) is 0 Å². The zero-order valence-electron chi connectivity index (χ0n) is 23.0. The predicted octanol–water partition coefficient (Wildman–Crippen LogP) is 11.9. The van der Waals surface area contributed by atoms with Gasteiger partial charge in [0.05, 0.1) is 0 Å². The third-order valence-electron chi connectivity index (χ3n) is 9.00. The number of rotatable bonds is 2. The summed E-state index contributed by atoms with van der Waals surface area (Å²) in [5.41, 5.74) is 5.11. The molecule has 0 aliphatic rings. The van der Waals surface area contributed by atoms with Gasteiger partial charge >= 0.3 is 0 Å². The molecule has 9 rings (SSSR count). The van der Waals surface area contributed by atoms with Gasteiger partial charge < -0.3 is 0 Å². The molecule has 194 valence electrons. The molecule has 0 spiro atoms. The van der Waals surface area contributed by atoms with Gasteiger partial charge in [-0.05, 0) is 105 Å². The van der Waals surface area contributed by atoms with Gasteiger partial charge in [-0.15, -0.1) is 0 Å². The number of benzene rings is 9. The van der Waals surface area contributed by atoms with Crippen molar-refractivity contribution in [3.8, 4) is 22.3 Å². The van der Waals surface area contributed by atoms with Gasteiger partial charge in [0.1, 0.15) is 0 Å². The highest BCUT2D eigenvalue weighted by atomic mass is 14.2. The van der Waals surface area contributed by atoms with Crippen LogP contribution in [0, 0.1) is 0 Å². The molecule has 0 heterocycles. The highest BCUT2D eigenvalue weighted by Crippen LogP contribution is 2.45. The smallest absolute Gasteiger partial charge is 0.00259 e. The normalized spacial score (nSPS) is 11.8. The summed E-state index contributed by atoms with van der Waals surface area (Å²) in [6, 6.07) is 58.1. The van der Waals surface area contributed by atoms with Crippen molar-refractivity contribution >= 4 is 64.6 Å². The van der Waals surface area contributed by atoms with E-state index in [1.165, 1.54) is 86.9 Å². The van der Waals surface area contributed by atoms with Crippen LogP contribution in [0.5, 0.6) is 0 Å². The maximum absolute atomic E-state index is 2.44. The van der Waals surface area contributed by atoms with E-state index in [4.69, 9.17) is 0 Å². The third-order valence-corrected chi connectivity index (χ3v) is 9.00. The summed E-state index contributed by atoms with van der Waals surface area (Å²) >= 11 is 0. The van der Waals surface area contributed by atoms with E-state index in [0.29, 0.717) is 0 Å². The average molecular weight is 531 g/mol. The minimum Gasteiger partial charge on any atom is -0.0616 e. The summed E-state index contributed by atoms with van der Waals surface area (Å²) < 4.78 is 0. The van der Waals surface area contributed by atoms with E-state index >= 15 is 0 Å². The molecular weight excluding hydrogens is 504 g/mol. The van der Waals surface area contributed by atoms with E-state index in [1.54, 1.807) is 0 Å². The maximum Gasteiger partial charge on any atom is -0.00259 e. The van der Waals surface area contributed by atoms with Crippen LogP contribution in [0.15, 0.2) is 158 Å². The number of fused-ring (bicyclic) bond motifs is 9. The fraction of sp³-hybridized carbons (Fsp3) is 0. The Morgan fingerprint density at radius 3 is 1.26 bits per heavy atom. The second kappa shape index (κ2) is 9.03. The van der Waals surface area contributed by atoms with Gasteiger partial charge in [0, 0.05) is 0 Å². The van der Waals surface area contributed by atoms with E-state index < -0.39 is 0 Å². The molecule has 0 nitrogen and oxygen atoms in total. The standard InChI is InChI=1S/C42H26/c1-3-15-30-27(12-1)14-11-23-33(30)39-25-29-26-41(36-20-8-10-22-38(36)42(29)37-21-9-7-19-35(37)39)40-24-28-13-2-4-16-31(28)32-17-5-6-18-34(32)40/h1-26H. The van der Waals surface area contributed by atoms with E-state index in [1.807, 2.05) is 0 Å². The first-order valence-electron chi connectivity index (χ1n) is 14.6. The van der Waals surface area contributed by atoms with Gasteiger partial charge in [0.25, 0.3) is 0 Å². The molecule has 0 fully saturated rings. The zero-order chi connectivity index (χ0) is 27.6. The van der Waals surface area contributed by atoms with Crippen molar-refractivity contribution in [2.24, 2.45) is 0 Å². The lowest BCUT2D eigenvalue weighted by atomic mass is 9.85. The molecule has 0 saturated heterocycles. The van der Waals surface area contributed by atoms with Gasteiger partial charge in [0.15, 0.2) is 0 Å². The largest absolute Gasteiger partial charge is 0.0616 e. The molecule has 0 aromatic heterocycles. The Morgan fingerprint density at radius 1 is 0.214 bits per heavy atom. The molecule has 0 atom stereocenters. The Bertz CT molecular complexity index is 2510. The minimum atomic E-state index is 1.26. The Balaban J connectivity index is 1.46. The van der Waals surface area contributed by atoms with Crippen molar-refractivity contribution in [3.63, 3.8) is 0 Å². The highest BCUT2D eigenvalue weighted by Gasteiger charge is 2.17. The lowest BCUT2D eigenvalue weighted by molar-refractivity contribution is 1.70. The molecule has 0 aliphatic heterocycles. The van der Waals surface area contributed by atoms with Crippen LogP contribution in [0.2, 0.25) is 0 Å². The minimum absolute atomic E-state index is 1.26. The van der Waals surface area contributed by atoms with Gasteiger partial charge in [-0.1, -0.05) is 140 Å². The topological polar surface area (TPSA) is 0 Å². The van der Waals surface area contributed by atoms with Crippen molar-refractivity contribution in [3.05, 3.63) is 158 Å². The van der Waals surface area contributed by atoms with Crippen LogP contribution in [0.1, 0.15) is 0 Å². The van der Waals surface area contributed by atoms with Crippen LogP contribution >= 0.6 is 0 Å². The maximum atomic E-state index is 2.44. The molecule has 0 amide bonds. The number of hydrogen-bond acceptors (Lipinski definition) is 0. The quantitative estimate of drug-likeness (QED) is 0.195. The highest BCUT2D eigenvalue weighted by molar-refractivity contribution is 6.27. The summed E-state index contributed by atoms with van der Waals surface area (Å²) in [5, 5.41) is 15.4. The van der Waals surface area contributed by atoms with Gasteiger partial charge in [-0.25, -0.2) is 0 Å². The van der Waals surface area contributed by atoms with Crippen molar-refractivity contribution in [2.75, 3.05) is 0 Å². The van der Waals surface area contributed by atoms with Crippen LogP contribution in [0.25, 0.3) is 86.9 Å². The van der Waals surface area contributed by atoms with Crippen LogP contribution in [0.3, 0.4) is 0 Å². The Morgan fingerprint density at radius 2 is 0.619 bits per heavy atom. The monoisotopic (exact) mass is 530 g/mol.